The summed E-state index contributed by atoms with van der Waals surface area (Å²) in [6, 6.07) is 8.35. The molecule has 0 amide bonds. The molecule has 2 nitrogen and oxygen atoms in total. The average molecular weight is 270 g/mol. The van der Waals surface area contributed by atoms with Crippen LogP contribution in [0.25, 0.3) is 0 Å². The minimum Gasteiger partial charge on any atom is -0.389 e. The summed E-state index contributed by atoms with van der Waals surface area (Å²) in [6.45, 7) is 0.375. The zero-order valence-electron chi connectivity index (χ0n) is 8.62. The molecule has 1 aromatic rings. The number of hydrogen-bond acceptors (Lipinski definition) is 2. The summed E-state index contributed by atoms with van der Waals surface area (Å²) >= 11 is 3.42. The van der Waals surface area contributed by atoms with Crippen molar-refractivity contribution < 1.29 is 5.11 Å². The van der Waals surface area contributed by atoms with Crippen molar-refractivity contribution in [3.05, 3.63) is 34.3 Å². The second-order valence-electron chi connectivity index (χ2n) is 4.42. The SMILES string of the molecule is NCC1(O)CCC(c2ccc(Br)cc2)C1. The lowest BCUT2D eigenvalue weighted by Gasteiger charge is -2.20. The van der Waals surface area contributed by atoms with Gasteiger partial charge in [0.05, 0.1) is 5.60 Å². The smallest absolute Gasteiger partial charge is 0.0775 e. The zero-order chi connectivity index (χ0) is 10.9. The van der Waals surface area contributed by atoms with E-state index in [9.17, 15) is 5.11 Å². The second-order valence-corrected chi connectivity index (χ2v) is 5.34. The van der Waals surface area contributed by atoms with Crippen molar-refractivity contribution in [2.75, 3.05) is 6.54 Å². The molecule has 1 aromatic carbocycles. The Balaban J connectivity index is 2.11. The normalized spacial score (nSPS) is 30.7. The molecule has 0 aliphatic heterocycles. The molecule has 1 aliphatic rings. The van der Waals surface area contributed by atoms with E-state index in [2.05, 4.69) is 40.2 Å². The first-order valence-corrected chi connectivity index (χ1v) is 6.10. The van der Waals surface area contributed by atoms with E-state index in [0.717, 1.165) is 23.7 Å². The van der Waals surface area contributed by atoms with Crippen LogP contribution in [0, 0.1) is 0 Å². The van der Waals surface area contributed by atoms with E-state index in [4.69, 9.17) is 5.73 Å². The second kappa shape index (κ2) is 4.24. The standard InChI is InChI=1S/C12H16BrNO/c13-11-3-1-9(2-4-11)10-5-6-12(15,7-10)8-14/h1-4,10,15H,5-8,14H2. The summed E-state index contributed by atoms with van der Waals surface area (Å²) in [5.41, 5.74) is 6.26. The van der Waals surface area contributed by atoms with E-state index < -0.39 is 5.60 Å². The molecule has 3 N–H and O–H groups in total. The van der Waals surface area contributed by atoms with Crippen LogP contribution in [0.1, 0.15) is 30.7 Å². The molecular formula is C12H16BrNO. The average Bonchev–Trinajstić information content (AvgIpc) is 2.63. The van der Waals surface area contributed by atoms with E-state index in [1.807, 2.05) is 0 Å². The van der Waals surface area contributed by atoms with Crippen LogP contribution in [-0.4, -0.2) is 17.3 Å². The van der Waals surface area contributed by atoms with E-state index in [1.165, 1.54) is 5.56 Å². The Morgan fingerprint density at radius 1 is 1.40 bits per heavy atom. The Kier molecular flexibility index (Phi) is 3.14. The number of nitrogens with two attached hydrogens (primary N) is 1. The molecule has 2 rings (SSSR count). The third-order valence-corrected chi connectivity index (χ3v) is 3.83. The maximum Gasteiger partial charge on any atom is 0.0775 e. The van der Waals surface area contributed by atoms with Gasteiger partial charge in [0.25, 0.3) is 0 Å². The van der Waals surface area contributed by atoms with Crippen molar-refractivity contribution in [3.63, 3.8) is 0 Å². The van der Waals surface area contributed by atoms with Gasteiger partial charge in [-0.1, -0.05) is 28.1 Å². The summed E-state index contributed by atoms with van der Waals surface area (Å²) in [4.78, 5) is 0. The largest absolute Gasteiger partial charge is 0.389 e. The summed E-state index contributed by atoms with van der Waals surface area (Å²) in [7, 11) is 0. The third kappa shape index (κ3) is 2.41. The Labute approximate surface area is 98.6 Å². The van der Waals surface area contributed by atoms with Crippen LogP contribution in [0.2, 0.25) is 0 Å². The van der Waals surface area contributed by atoms with Gasteiger partial charge in [-0.2, -0.15) is 0 Å². The molecule has 0 aromatic heterocycles. The maximum atomic E-state index is 10.1. The van der Waals surface area contributed by atoms with Gasteiger partial charge in [0.1, 0.15) is 0 Å². The lowest BCUT2D eigenvalue weighted by Crippen LogP contribution is -2.34. The first kappa shape index (κ1) is 11.1. The first-order chi connectivity index (χ1) is 7.13. The molecule has 15 heavy (non-hydrogen) atoms. The van der Waals surface area contributed by atoms with Crippen molar-refractivity contribution >= 4 is 15.9 Å². The molecule has 2 unspecified atom stereocenters. The summed E-state index contributed by atoms with van der Waals surface area (Å²) in [6.07, 6.45) is 2.66. The van der Waals surface area contributed by atoms with Crippen molar-refractivity contribution in [3.8, 4) is 0 Å². The number of halogens is 1. The van der Waals surface area contributed by atoms with Gasteiger partial charge in [0.2, 0.25) is 0 Å². The van der Waals surface area contributed by atoms with Crippen molar-refractivity contribution in [1.29, 1.82) is 0 Å². The number of benzene rings is 1. The molecule has 0 spiro atoms. The lowest BCUT2D eigenvalue weighted by molar-refractivity contribution is 0.0554. The minimum absolute atomic E-state index is 0.375. The predicted octanol–water partition coefficient (Wildman–Crippen LogP) is 2.41. The van der Waals surface area contributed by atoms with E-state index in [1.54, 1.807) is 0 Å². The highest BCUT2D eigenvalue weighted by molar-refractivity contribution is 9.10. The molecule has 1 saturated carbocycles. The van der Waals surface area contributed by atoms with Gasteiger partial charge < -0.3 is 10.8 Å². The fourth-order valence-corrected chi connectivity index (χ4v) is 2.57. The van der Waals surface area contributed by atoms with Crippen molar-refractivity contribution in [1.82, 2.24) is 0 Å². The fourth-order valence-electron chi connectivity index (χ4n) is 2.31. The van der Waals surface area contributed by atoms with Crippen LogP contribution in [0.4, 0.5) is 0 Å². The molecular weight excluding hydrogens is 254 g/mol. The minimum atomic E-state index is -0.627. The van der Waals surface area contributed by atoms with E-state index >= 15 is 0 Å². The summed E-state index contributed by atoms with van der Waals surface area (Å²) in [5.74, 6) is 0.464. The molecule has 2 atom stereocenters. The van der Waals surface area contributed by atoms with Gasteiger partial charge in [0.15, 0.2) is 0 Å². The van der Waals surface area contributed by atoms with Crippen LogP contribution in [0.5, 0.6) is 0 Å². The van der Waals surface area contributed by atoms with Gasteiger partial charge in [-0.15, -0.1) is 0 Å². The predicted molar refractivity (Wildman–Crippen MR) is 64.7 cm³/mol. The molecule has 0 saturated heterocycles. The summed E-state index contributed by atoms with van der Waals surface area (Å²) in [5, 5.41) is 10.1. The third-order valence-electron chi connectivity index (χ3n) is 3.31. The molecule has 0 radical (unpaired) electrons. The van der Waals surface area contributed by atoms with Crippen LogP contribution < -0.4 is 5.73 Å². The molecule has 1 fully saturated rings. The molecule has 0 bridgehead atoms. The van der Waals surface area contributed by atoms with E-state index in [-0.39, 0.29) is 0 Å². The Morgan fingerprint density at radius 3 is 2.60 bits per heavy atom. The monoisotopic (exact) mass is 269 g/mol. The molecule has 0 heterocycles. The Hall–Kier alpha value is -0.380. The van der Waals surface area contributed by atoms with Crippen molar-refractivity contribution in [2.45, 2.75) is 30.8 Å². The van der Waals surface area contributed by atoms with Gasteiger partial charge in [-0.05, 0) is 42.9 Å². The van der Waals surface area contributed by atoms with Crippen LogP contribution >= 0.6 is 15.9 Å². The fraction of sp³-hybridized carbons (Fsp3) is 0.500. The van der Waals surface area contributed by atoms with Gasteiger partial charge in [-0.3, -0.25) is 0 Å². The van der Waals surface area contributed by atoms with Gasteiger partial charge >= 0.3 is 0 Å². The number of rotatable bonds is 2. The van der Waals surface area contributed by atoms with Crippen molar-refractivity contribution in [2.24, 2.45) is 5.73 Å². The Morgan fingerprint density at radius 2 is 2.07 bits per heavy atom. The van der Waals surface area contributed by atoms with E-state index in [0.29, 0.717) is 12.5 Å². The number of aliphatic hydroxyl groups is 1. The molecule has 82 valence electrons. The molecule has 3 heteroatoms. The lowest BCUT2D eigenvalue weighted by atomic mass is 9.95. The molecule has 1 aliphatic carbocycles. The topological polar surface area (TPSA) is 46.2 Å². The zero-order valence-corrected chi connectivity index (χ0v) is 10.2. The number of hydrogen-bond donors (Lipinski definition) is 2. The Bertz CT molecular complexity index is 338. The summed E-state index contributed by atoms with van der Waals surface area (Å²) < 4.78 is 1.10. The van der Waals surface area contributed by atoms with Gasteiger partial charge in [-0.25, -0.2) is 0 Å². The van der Waals surface area contributed by atoms with Gasteiger partial charge in [0, 0.05) is 11.0 Å². The quantitative estimate of drug-likeness (QED) is 0.866. The highest BCUT2D eigenvalue weighted by Gasteiger charge is 2.36. The highest BCUT2D eigenvalue weighted by atomic mass is 79.9. The van der Waals surface area contributed by atoms with Crippen LogP contribution in [0.3, 0.4) is 0 Å². The first-order valence-electron chi connectivity index (χ1n) is 5.31. The highest BCUT2D eigenvalue weighted by Crippen LogP contribution is 2.40. The van der Waals surface area contributed by atoms with Crippen LogP contribution in [0.15, 0.2) is 28.7 Å². The van der Waals surface area contributed by atoms with Crippen LogP contribution in [-0.2, 0) is 0 Å². The maximum absolute atomic E-state index is 10.1.